The fourth-order valence-electron chi connectivity index (χ4n) is 3.74. The molecule has 0 amide bonds. The van der Waals surface area contributed by atoms with Gasteiger partial charge in [-0.1, -0.05) is 122 Å². The van der Waals surface area contributed by atoms with Gasteiger partial charge >= 0.3 is 0 Å². The lowest BCUT2D eigenvalue weighted by Gasteiger charge is -2.10. The molecule has 0 aromatic carbocycles. The van der Waals surface area contributed by atoms with Crippen LogP contribution < -0.4 is 0 Å². The number of aliphatic hydroxyl groups excluding tert-OH is 2. The molecule has 0 aliphatic rings. The summed E-state index contributed by atoms with van der Waals surface area (Å²) in [5.74, 6) is 0. The first-order valence-corrected chi connectivity index (χ1v) is 12.1. The lowest BCUT2D eigenvalue weighted by Crippen LogP contribution is -2.05. The summed E-state index contributed by atoms with van der Waals surface area (Å²) in [4.78, 5) is 0. The van der Waals surface area contributed by atoms with E-state index in [1.54, 1.807) is 0 Å². The van der Waals surface area contributed by atoms with Crippen LogP contribution in [-0.2, 0) is 0 Å². The van der Waals surface area contributed by atoms with Gasteiger partial charge in [-0.3, -0.25) is 0 Å². The van der Waals surface area contributed by atoms with Crippen molar-refractivity contribution in [3.05, 3.63) is 0 Å². The van der Waals surface area contributed by atoms with E-state index < -0.39 is 0 Å². The summed E-state index contributed by atoms with van der Waals surface area (Å²) in [5, 5.41) is 18.8. The van der Waals surface area contributed by atoms with E-state index in [4.69, 9.17) is 5.11 Å². The summed E-state index contributed by atoms with van der Waals surface area (Å²) in [6.07, 6.45) is 26.9. The summed E-state index contributed by atoms with van der Waals surface area (Å²) in [7, 11) is 0. The van der Waals surface area contributed by atoms with Crippen LogP contribution in [-0.4, -0.2) is 22.9 Å². The zero-order valence-electron chi connectivity index (χ0n) is 18.0. The topological polar surface area (TPSA) is 40.5 Å². The molecule has 0 aliphatic carbocycles. The van der Waals surface area contributed by atoms with Gasteiger partial charge in [0.05, 0.1) is 6.10 Å². The first-order valence-electron chi connectivity index (χ1n) is 12.1. The highest BCUT2D eigenvalue weighted by molar-refractivity contribution is 4.57. The van der Waals surface area contributed by atoms with Gasteiger partial charge in [-0.05, 0) is 19.3 Å². The summed E-state index contributed by atoms with van der Waals surface area (Å²) >= 11 is 0. The SMILES string of the molecule is CCCCCCCCCC(O)CCCCCCCCCCCCCCO. The van der Waals surface area contributed by atoms with Crippen molar-refractivity contribution in [2.24, 2.45) is 0 Å². The summed E-state index contributed by atoms with van der Waals surface area (Å²) in [5.41, 5.74) is 0. The largest absolute Gasteiger partial charge is 0.396 e. The lowest BCUT2D eigenvalue weighted by molar-refractivity contribution is 0.147. The Morgan fingerprint density at radius 1 is 0.462 bits per heavy atom. The van der Waals surface area contributed by atoms with Gasteiger partial charge in [0.15, 0.2) is 0 Å². The van der Waals surface area contributed by atoms with Gasteiger partial charge in [0.1, 0.15) is 0 Å². The Morgan fingerprint density at radius 2 is 0.769 bits per heavy atom. The van der Waals surface area contributed by atoms with Crippen molar-refractivity contribution in [2.75, 3.05) is 6.61 Å². The van der Waals surface area contributed by atoms with Crippen LogP contribution in [0.5, 0.6) is 0 Å². The van der Waals surface area contributed by atoms with Crippen LogP contribution in [0.15, 0.2) is 0 Å². The average Bonchev–Trinajstić information content (AvgIpc) is 2.64. The van der Waals surface area contributed by atoms with Crippen LogP contribution in [0.4, 0.5) is 0 Å². The van der Waals surface area contributed by atoms with Crippen molar-refractivity contribution in [1.82, 2.24) is 0 Å². The number of aliphatic hydroxyl groups is 2. The Balaban J connectivity index is 3.10. The van der Waals surface area contributed by atoms with Gasteiger partial charge in [0.2, 0.25) is 0 Å². The van der Waals surface area contributed by atoms with Crippen LogP contribution in [0, 0.1) is 0 Å². The van der Waals surface area contributed by atoms with Gasteiger partial charge in [0, 0.05) is 6.61 Å². The van der Waals surface area contributed by atoms with Gasteiger partial charge in [-0.2, -0.15) is 0 Å². The molecule has 0 fully saturated rings. The van der Waals surface area contributed by atoms with Crippen molar-refractivity contribution < 1.29 is 10.2 Å². The molecule has 2 heteroatoms. The molecule has 1 atom stereocenters. The zero-order chi connectivity index (χ0) is 19.1. The minimum Gasteiger partial charge on any atom is -0.396 e. The molecule has 0 saturated heterocycles. The predicted octanol–water partition coefficient (Wildman–Crippen LogP) is 7.55. The highest BCUT2D eigenvalue weighted by Crippen LogP contribution is 2.15. The van der Waals surface area contributed by atoms with E-state index in [0.29, 0.717) is 6.61 Å². The van der Waals surface area contributed by atoms with E-state index in [-0.39, 0.29) is 6.10 Å². The molecule has 0 saturated carbocycles. The molecule has 0 bridgehead atoms. The second-order valence-electron chi connectivity index (χ2n) is 8.32. The maximum atomic E-state index is 10.1. The van der Waals surface area contributed by atoms with Crippen molar-refractivity contribution in [1.29, 1.82) is 0 Å². The lowest BCUT2D eigenvalue weighted by atomic mass is 10.0. The highest BCUT2D eigenvalue weighted by Gasteiger charge is 2.03. The molecule has 158 valence electrons. The number of hydrogen-bond acceptors (Lipinski definition) is 2. The molecule has 0 heterocycles. The second-order valence-corrected chi connectivity index (χ2v) is 8.32. The summed E-state index contributed by atoms with van der Waals surface area (Å²) in [6, 6.07) is 0. The van der Waals surface area contributed by atoms with Crippen LogP contribution in [0.1, 0.15) is 142 Å². The summed E-state index contributed by atoms with van der Waals surface area (Å²) in [6.45, 7) is 2.62. The van der Waals surface area contributed by atoms with Crippen LogP contribution in [0.25, 0.3) is 0 Å². The standard InChI is InChI=1S/C24H50O2/c1-2-3-4-5-12-15-18-21-24(26)22-19-16-13-10-8-6-7-9-11-14-17-20-23-25/h24-26H,2-23H2,1H3. The van der Waals surface area contributed by atoms with E-state index in [9.17, 15) is 5.11 Å². The van der Waals surface area contributed by atoms with Crippen molar-refractivity contribution >= 4 is 0 Å². The van der Waals surface area contributed by atoms with Crippen LogP contribution in [0.3, 0.4) is 0 Å². The maximum absolute atomic E-state index is 10.1. The fraction of sp³-hybridized carbons (Fsp3) is 1.00. The van der Waals surface area contributed by atoms with Crippen LogP contribution >= 0.6 is 0 Å². The number of rotatable bonds is 22. The smallest absolute Gasteiger partial charge is 0.0540 e. The normalized spacial score (nSPS) is 12.6. The molecule has 2 nitrogen and oxygen atoms in total. The van der Waals surface area contributed by atoms with E-state index in [2.05, 4.69) is 6.92 Å². The molecule has 0 spiro atoms. The number of unbranched alkanes of at least 4 members (excludes halogenated alkanes) is 17. The van der Waals surface area contributed by atoms with Gasteiger partial charge < -0.3 is 10.2 Å². The molecule has 0 aromatic rings. The highest BCUT2D eigenvalue weighted by atomic mass is 16.3. The Morgan fingerprint density at radius 3 is 1.12 bits per heavy atom. The molecule has 2 N–H and O–H groups in total. The molecule has 0 rings (SSSR count). The van der Waals surface area contributed by atoms with Crippen molar-refractivity contribution in [3.8, 4) is 0 Å². The predicted molar refractivity (Wildman–Crippen MR) is 116 cm³/mol. The second kappa shape index (κ2) is 23.0. The van der Waals surface area contributed by atoms with Crippen molar-refractivity contribution in [3.63, 3.8) is 0 Å². The number of hydrogen-bond donors (Lipinski definition) is 2. The first kappa shape index (κ1) is 25.9. The molecule has 1 unspecified atom stereocenters. The fourth-order valence-corrected chi connectivity index (χ4v) is 3.74. The van der Waals surface area contributed by atoms with E-state index in [1.165, 1.54) is 116 Å². The Labute approximate surface area is 165 Å². The van der Waals surface area contributed by atoms with E-state index in [0.717, 1.165) is 19.3 Å². The van der Waals surface area contributed by atoms with E-state index >= 15 is 0 Å². The molecular weight excluding hydrogens is 320 g/mol. The molecule has 0 radical (unpaired) electrons. The van der Waals surface area contributed by atoms with Gasteiger partial charge in [-0.15, -0.1) is 0 Å². The Hall–Kier alpha value is -0.0800. The third kappa shape index (κ3) is 22.0. The Bertz CT molecular complexity index is 242. The Kier molecular flexibility index (Phi) is 22.9. The quantitative estimate of drug-likeness (QED) is 0.193. The minimum atomic E-state index is -0.0449. The zero-order valence-corrected chi connectivity index (χ0v) is 18.0. The first-order chi connectivity index (χ1) is 12.8. The maximum Gasteiger partial charge on any atom is 0.0540 e. The molecule has 0 aromatic heterocycles. The average molecular weight is 371 g/mol. The molecule has 0 aliphatic heterocycles. The van der Waals surface area contributed by atoms with E-state index in [1.807, 2.05) is 0 Å². The van der Waals surface area contributed by atoms with Gasteiger partial charge in [-0.25, -0.2) is 0 Å². The van der Waals surface area contributed by atoms with Crippen molar-refractivity contribution in [2.45, 2.75) is 148 Å². The van der Waals surface area contributed by atoms with Gasteiger partial charge in [0.25, 0.3) is 0 Å². The third-order valence-electron chi connectivity index (χ3n) is 5.59. The minimum absolute atomic E-state index is 0.0449. The molecule has 26 heavy (non-hydrogen) atoms. The monoisotopic (exact) mass is 370 g/mol. The third-order valence-corrected chi connectivity index (χ3v) is 5.59. The molecular formula is C24H50O2. The summed E-state index contributed by atoms with van der Waals surface area (Å²) < 4.78 is 0. The van der Waals surface area contributed by atoms with Crippen LogP contribution in [0.2, 0.25) is 0 Å².